The molecule has 0 aliphatic carbocycles. The van der Waals surface area contributed by atoms with Gasteiger partial charge in [-0.1, -0.05) is 40.6 Å². The number of aromatic nitrogens is 1. The maximum atomic E-state index is 13.8. The molecule has 200 valence electrons. The van der Waals surface area contributed by atoms with Crippen LogP contribution in [0.3, 0.4) is 0 Å². The van der Waals surface area contributed by atoms with E-state index in [0.29, 0.717) is 58.0 Å². The number of rotatable bonds is 6. The lowest BCUT2D eigenvalue weighted by atomic mass is 9.96. The second-order valence-electron chi connectivity index (χ2n) is 8.53. The lowest BCUT2D eigenvalue weighted by Gasteiger charge is -2.25. The Kier molecular flexibility index (Phi) is 7.87. The molecule has 1 aliphatic rings. The minimum Gasteiger partial charge on any atom is -0.496 e. The van der Waals surface area contributed by atoms with Gasteiger partial charge >= 0.3 is 5.97 Å². The number of benzene rings is 2. The third-order valence-corrected chi connectivity index (χ3v) is 8.45. The second-order valence-corrected chi connectivity index (χ2v) is 11.2. The van der Waals surface area contributed by atoms with Crippen LogP contribution < -0.4 is 19.6 Å². The minimum absolute atomic E-state index is 0.193. The van der Waals surface area contributed by atoms with Crippen LogP contribution in [0.2, 0.25) is 10.0 Å². The summed E-state index contributed by atoms with van der Waals surface area (Å²) in [6.45, 7) is 3.67. The van der Waals surface area contributed by atoms with Gasteiger partial charge in [-0.2, -0.15) is 0 Å². The molecule has 2 aromatic carbocycles. The summed E-state index contributed by atoms with van der Waals surface area (Å²) in [6, 6.07) is 13.5. The van der Waals surface area contributed by atoms with Crippen molar-refractivity contribution in [1.82, 2.24) is 4.57 Å². The minimum atomic E-state index is -0.743. The van der Waals surface area contributed by atoms with Crippen molar-refractivity contribution in [3.05, 3.63) is 105 Å². The zero-order chi connectivity index (χ0) is 27.8. The number of methoxy groups -OCH3 is 1. The van der Waals surface area contributed by atoms with Crippen LogP contribution in [-0.4, -0.2) is 24.3 Å². The van der Waals surface area contributed by atoms with Gasteiger partial charge in [-0.05, 0) is 77.8 Å². The number of carbonyl (C=O) groups is 1. The molecule has 1 atom stereocenters. The van der Waals surface area contributed by atoms with E-state index in [1.54, 1.807) is 63.4 Å². The number of fused-ring (bicyclic) bond motifs is 1. The largest absolute Gasteiger partial charge is 0.496 e. The van der Waals surface area contributed by atoms with E-state index in [0.717, 1.165) is 5.56 Å². The maximum Gasteiger partial charge on any atom is 0.338 e. The molecule has 39 heavy (non-hydrogen) atoms. The zero-order valence-electron chi connectivity index (χ0n) is 21.0. The van der Waals surface area contributed by atoms with Gasteiger partial charge < -0.3 is 13.9 Å². The van der Waals surface area contributed by atoms with Gasteiger partial charge in [-0.25, -0.2) is 9.79 Å². The predicted octanol–water partition coefficient (Wildman–Crippen LogP) is 6.14. The van der Waals surface area contributed by atoms with E-state index >= 15 is 0 Å². The molecule has 2 aromatic heterocycles. The summed E-state index contributed by atoms with van der Waals surface area (Å²) >= 11 is 16.9. The van der Waals surface area contributed by atoms with Crippen LogP contribution in [0.15, 0.2) is 78.5 Å². The van der Waals surface area contributed by atoms with E-state index in [9.17, 15) is 9.59 Å². The number of thiazole rings is 1. The number of esters is 1. The molecule has 0 spiro atoms. The highest BCUT2D eigenvalue weighted by Crippen LogP contribution is 2.35. The topological polar surface area (TPSA) is 83.0 Å². The molecule has 0 saturated heterocycles. The first kappa shape index (κ1) is 27.5. The Morgan fingerprint density at radius 1 is 1.18 bits per heavy atom. The van der Waals surface area contributed by atoms with Crippen molar-refractivity contribution in [2.75, 3.05) is 13.7 Å². The Bertz CT molecular complexity index is 1820. The highest BCUT2D eigenvalue weighted by Gasteiger charge is 2.33. The zero-order valence-corrected chi connectivity index (χ0v) is 24.9. The molecule has 5 rings (SSSR count). The van der Waals surface area contributed by atoms with Gasteiger partial charge in [0.1, 0.15) is 17.3 Å². The molecule has 0 amide bonds. The van der Waals surface area contributed by atoms with E-state index in [2.05, 4.69) is 20.9 Å². The Balaban J connectivity index is 1.64. The molecule has 1 aliphatic heterocycles. The van der Waals surface area contributed by atoms with E-state index in [4.69, 9.17) is 37.1 Å². The first-order valence-electron chi connectivity index (χ1n) is 11.8. The van der Waals surface area contributed by atoms with Crippen LogP contribution in [0.5, 0.6) is 5.75 Å². The maximum absolute atomic E-state index is 13.8. The van der Waals surface area contributed by atoms with Crippen LogP contribution in [0.1, 0.15) is 31.2 Å². The normalized spacial score (nSPS) is 15.2. The highest BCUT2D eigenvalue weighted by atomic mass is 79.9. The molecule has 3 heterocycles. The van der Waals surface area contributed by atoms with Crippen molar-refractivity contribution in [1.29, 1.82) is 0 Å². The third-order valence-electron chi connectivity index (χ3n) is 6.11. The highest BCUT2D eigenvalue weighted by molar-refractivity contribution is 9.10. The number of furan rings is 1. The fraction of sp³-hybridized carbons (Fsp3) is 0.179. The smallest absolute Gasteiger partial charge is 0.338 e. The van der Waals surface area contributed by atoms with Crippen molar-refractivity contribution in [3.8, 4) is 17.1 Å². The monoisotopic (exact) mass is 646 g/mol. The molecule has 4 aromatic rings. The van der Waals surface area contributed by atoms with Crippen molar-refractivity contribution in [3.63, 3.8) is 0 Å². The molecule has 11 heteroatoms. The number of nitrogens with zero attached hydrogens (tertiary/aromatic N) is 2. The summed E-state index contributed by atoms with van der Waals surface area (Å²) in [5.74, 6) is 1.16. The number of allylic oxidation sites excluding steroid dienone is 1. The van der Waals surface area contributed by atoms with Crippen LogP contribution in [0, 0.1) is 0 Å². The summed E-state index contributed by atoms with van der Waals surface area (Å²) in [5.41, 5.74) is 1.93. The Hall–Kier alpha value is -3.11. The summed E-state index contributed by atoms with van der Waals surface area (Å²) in [4.78, 5) is 31.9. The van der Waals surface area contributed by atoms with Crippen LogP contribution in [-0.2, 0) is 9.53 Å². The fourth-order valence-electron chi connectivity index (χ4n) is 4.32. The lowest BCUT2D eigenvalue weighted by Crippen LogP contribution is -2.39. The van der Waals surface area contributed by atoms with Gasteiger partial charge in [0, 0.05) is 11.6 Å². The van der Waals surface area contributed by atoms with Crippen molar-refractivity contribution in [2.24, 2.45) is 4.99 Å². The van der Waals surface area contributed by atoms with Crippen molar-refractivity contribution in [2.45, 2.75) is 19.9 Å². The molecule has 0 N–H and O–H groups in total. The molecular formula is C28H21BrCl2N2O5S. The van der Waals surface area contributed by atoms with Gasteiger partial charge in [-0.15, -0.1) is 0 Å². The summed E-state index contributed by atoms with van der Waals surface area (Å²) in [5, 5.41) is 0.864. The summed E-state index contributed by atoms with van der Waals surface area (Å²) in [7, 11) is 1.57. The molecule has 0 unspecified atom stereocenters. The fourth-order valence-corrected chi connectivity index (χ4v) is 6.21. The average molecular weight is 648 g/mol. The lowest BCUT2D eigenvalue weighted by molar-refractivity contribution is -0.139. The summed E-state index contributed by atoms with van der Waals surface area (Å²) < 4.78 is 19.3. The second kappa shape index (κ2) is 11.2. The van der Waals surface area contributed by atoms with Gasteiger partial charge in [0.2, 0.25) is 0 Å². The van der Waals surface area contributed by atoms with Gasteiger partial charge in [0.15, 0.2) is 4.80 Å². The van der Waals surface area contributed by atoms with Gasteiger partial charge in [0.25, 0.3) is 5.56 Å². The van der Waals surface area contributed by atoms with E-state index in [1.807, 2.05) is 12.1 Å². The molecule has 0 fully saturated rings. The van der Waals surface area contributed by atoms with Gasteiger partial charge in [0.05, 0.1) is 50.1 Å². The number of ether oxygens (including phenoxy) is 2. The Labute approximate surface area is 245 Å². The van der Waals surface area contributed by atoms with Crippen molar-refractivity contribution >= 4 is 62.5 Å². The van der Waals surface area contributed by atoms with Crippen LogP contribution in [0.25, 0.3) is 17.4 Å². The van der Waals surface area contributed by atoms with Crippen molar-refractivity contribution < 1.29 is 18.7 Å². The number of hydrogen-bond acceptors (Lipinski definition) is 7. The number of hydrogen-bond donors (Lipinski definition) is 0. The number of halogens is 3. The van der Waals surface area contributed by atoms with Gasteiger partial charge in [-0.3, -0.25) is 9.36 Å². The standard InChI is InChI=1S/C28H21BrCl2N2O5S/c1-4-37-27(35)24-14(2)32-28-33(25(24)16-6-9-22(36-3)18(29)11-16)26(34)23(39-28)13-17-7-10-21(38-17)15-5-8-19(30)20(31)12-15/h5-13,25H,4H2,1-3H3/b23-13+/t25-/m1/s1. The van der Waals surface area contributed by atoms with E-state index in [1.165, 1.54) is 15.9 Å². The molecule has 0 bridgehead atoms. The molecular weight excluding hydrogens is 627 g/mol. The van der Waals surface area contributed by atoms with Crippen LogP contribution >= 0.6 is 50.5 Å². The first-order chi connectivity index (χ1) is 18.7. The Morgan fingerprint density at radius 3 is 2.67 bits per heavy atom. The van der Waals surface area contributed by atoms with E-state index < -0.39 is 12.0 Å². The molecule has 7 nitrogen and oxygen atoms in total. The summed E-state index contributed by atoms with van der Waals surface area (Å²) in [6.07, 6.45) is 1.66. The van der Waals surface area contributed by atoms with E-state index in [-0.39, 0.29) is 12.2 Å². The third kappa shape index (κ3) is 5.24. The van der Waals surface area contributed by atoms with Crippen LogP contribution in [0.4, 0.5) is 0 Å². The quantitative estimate of drug-likeness (QED) is 0.235. The first-order valence-corrected chi connectivity index (χ1v) is 14.2. The predicted molar refractivity (Wildman–Crippen MR) is 155 cm³/mol. The average Bonchev–Trinajstić information content (AvgIpc) is 3.49. The number of carbonyl (C=O) groups excluding carboxylic acids is 1. The molecule has 0 saturated carbocycles. The Morgan fingerprint density at radius 2 is 1.97 bits per heavy atom. The SMILES string of the molecule is CCOC(=O)C1=C(C)N=c2s/c(=C/c3ccc(-c4ccc(Cl)c(Cl)c4)o3)c(=O)n2[C@@H]1c1ccc(OC)c(Br)c1. The molecule has 0 radical (unpaired) electrons.